The van der Waals surface area contributed by atoms with Crippen LogP contribution in [0.1, 0.15) is 0 Å². The van der Waals surface area contributed by atoms with Gasteiger partial charge in [-0.05, 0) is 80.2 Å². The van der Waals surface area contributed by atoms with Crippen LogP contribution >= 0.6 is 22.6 Å². The highest BCUT2D eigenvalue weighted by Gasteiger charge is 2.06. The van der Waals surface area contributed by atoms with Crippen molar-refractivity contribution in [3.05, 3.63) is 107 Å². The van der Waals surface area contributed by atoms with Gasteiger partial charge >= 0.3 is 0 Å². The van der Waals surface area contributed by atoms with Crippen LogP contribution in [0.25, 0.3) is 33.4 Å². The first kappa shape index (κ1) is 16.1. The number of hydrogen-bond acceptors (Lipinski definition) is 0. The predicted octanol–water partition coefficient (Wildman–Crippen LogP) is 7.29. The first-order valence-electron chi connectivity index (χ1n) is 8.31. The topological polar surface area (TPSA) is 0 Å². The molecule has 0 aliphatic rings. The molecule has 25 heavy (non-hydrogen) atoms. The lowest BCUT2D eigenvalue weighted by atomic mass is 9.96. The van der Waals surface area contributed by atoms with Gasteiger partial charge in [-0.3, -0.25) is 0 Å². The van der Waals surface area contributed by atoms with E-state index in [1.165, 1.54) is 37.0 Å². The third-order valence-electron chi connectivity index (χ3n) is 4.31. The molecule has 0 spiro atoms. The summed E-state index contributed by atoms with van der Waals surface area (Å²) in [4.78, 5) is 0. The molecule has 4 rings (SSSR count). The van der Waals surface area contributed by atoms with Gasteiger partial charge in [0, 0.05) is 3.57 Å². The third kappa shape index (κ3) is 3.67. The lowest BCUT2D eigenvalue weighted by molar-refractivity contribution is 1.55. The molecule has 0 saturated carbocycles. The predicted molar refractivity (Wildman–Crippen MR) is 115 cm³/mol. The van der Waals surface area contributed by atoms with Crippen molar-refractivity contribution in [2.45, 2.75) is 0 Å². The number of halogens is 1. The summed E-state index contributed by atoms with van der Waals surface area (Å²) in [5.74, 6) is 0. The van der Waals surface area contributed by atoms with Gasteiger partial charge in [0.1, 0.15) is 0 Å². The summed E-state index contributed by atoms with van der Waals surface area (Å²) >= 11 is 2.40. The van der Waals surface area contributed by atoms with E-state index in [2.05, 4.69) is 126 Å². The molecular formula is C24H17I. The van der Waals surface area contributed by atoms with Gasteiger partial charge in [-0.15, -0.1) is 0 Å². The third-order valence-corrected chi connectivity index (χ3v) is 4.93. The molecule has 4 aromatic carbocycles. The maximum Gasteiger partial charge on any atom is 0.0142 e. The molecule has 0 amide bonds. The zero-order chi connectivity index (χ0) is 17.1. The van der Waals surface area contributed by atoms with E-state index in [1.54, 1.807) is 0 Å². The van der Waals surface area contributed by atoms with Gasteiger partial charge in [-0.25, -0.2) is 0 Å². The van der Waals surface area contributed by atoms with Crippen LogP contribution in [0, 0.1) is 3.57 Å². The second-order valence-corrected chi connectivity index (χ2v) is 7.29. The summed E-state index contributed by atoms with van der Waals surface area (Å²) in [5.41, 5.74) is 7.51. The maximum absolute atomic E-state index is 2.40. The Labute approximate surface area is 162 Å². The van der Waals surface area contributed by atoms with Crippen LogP contribution in [0.15, 0.2) is 103 Å². The maximum atomic E-state index is 2.40. The minimum Gasteiger partial charge on any atom is -0.0622 e. The summed E-state index contributed by atoms with van der Waals surface area (Å²) in [6, 6.07) is 36.6. The Morgan fingerprint density at radius 1 is 0.360 bits per heavy atom. The van der Waals surface area contributed by atoms with E-state index in [4.69, 9.17) is 0 Å². The van der Waals surface area contributed by atoms with Crippen LogP contribution in [-0.2, 0) is 0 Å². The Bertz CT molecular complexity index is 989. The van der Waals surface area contributed by atoms with Crippen LogP contribution < -0.4 is 0 Å². The van der Waals surface area contributed by atoms with Gasteiger partial charge < -0.3 is 0 Å². The van der Waals surface area contributed by atoms with E-state index in [9.17, 15) is 0 Å². The smallest absolute Gasteiger partial charge is 0.0142 e. The minimum atomic E-state index is 1.25. The van der Waals surface area contributed by atoms with Gasteiger partial charge in [0.15, 0.2) is 0 Å². The van der Waals surface area contributed by atoms with Crippen molar-refractivity contribution >= 4 is 22.6 Å². The Balaban J connectivity index is 1.79. The molecule has 0 aromatic heterocycles. The molecule has 0 radical (unpaired) electrons. The Hall–Kier alpha value is -2.39. The van der Waals surface area contributed by atoms with Crippen LogP contribution in [0.2, 0.25) is 0 Å². The van der Waals surface area contributed by atoms with E-state index < -0.39 is 0 Å². The fourth-order valence-electron chi connectivity index (χ4n) is 3.06. The highest BCUT2D eigenvalue weighted by atomic mass is 127. The van der Waals surface area contributed by atoms with Crippen molar-refractivity contribution in [1.82, 2.24) is 0 Å². The summed E-state index contributed by atoms with van der Waals surface area (Å²) < 4.78 is 1.25. The molecule has 120 valence electrons. The van der Waals surface area contributed by atoms with Crippen molar-refractivity contribution < 1.29 is 0 Å². The van der Waals surface area contributed by atoms with E-state index in [1.807, 2.05) is 0 Å². The van der Waals surface area contributed by atoms with Crippen LogP contribution in [0.4, 0.5) is 0 Å². The fourth-order valence-corrected chi connectivity index (χ4v) is 3.73. The minimum absolute atomic E-state index is 1.25. The molecule has 0 saturated heterocycles. The molecule has 1 heteroatoms. The van der Waals surface area contributed by atoms with Crippen molar-refractivity contribution in [1.29, 1.82) is 0 Å². The van der Waals surface area contributed by atoms with Crippen molar-refractivity contribution in [3.63, 3.8) is 0 Å². The second kappa shape index (κ2) is 7.24. The highest BCUT2D eigenvalue weighted by Crippen LogP contribution is 2.31. The average Bonchev–Trinajstić information content (AvgIpc) is 2.69. The Kier molecular flexibility index (Phi) is 4.66. The zero-order valence-electron chi connectivity index (χ0n) is 13.7. The molecule has 0 unspecified atom stereocenters. The standard InChI is InChI=1S/C24H17I/c25-24-16-22(19-10-5-2-6-11-19)15-23(17-24)21-13-7-12-20(14-21)18-8-3-1-4-9-18/h1-17H. The Morgan fingerprint density at radius 2 is 0.760 bits per heavy atom. The van der Waals surface area contributed by atoms with E-state index >= 15 is 0 Å². The number of rotatable bonds is 3. The lowest BCUT2D eigenvalue weighted by Crippen LogP contribution is -1.85. The molecule has 0 fully saturated rings. The summed E-state index contributed by atoms with van der Waals surface area (Å²) in [6.45, 7) is 0. The molecule has 0 heterocycles. The van der Waals surface area contributed by atoms with Crippen molar-refractivity contribution in [2.75, 3.05) is 0 Å². The van der Waals surface area contributed by atoms with Gasteiger partial charge in [0.2, 0.25) is 0 Å². The first-order chi connectivity index (χ1) is 12.3. The molecular weight excluding hydrogens is 415 g/mol. The Morgan fingerprint density at radius 3 is 1.36 bits per heavy atom. The molecule has 4 aromatic rings. The second-order valence-electron chi connectivity index (χ2n) is 6.04. The summed E-state index contributed by atoms with van der Waals surface area (Å²) in [7, 11) is 0. The van der Waals surface area contributed by atoms with Crippen LogP contribution in [-0.4, -0.2) is 0 Å². The molecule has 0 aliphatic carbocycles. The molecule has 0 bridgehead atoms. The molecule has 0 nitrogen and oxygen atoms in total. The summed E-state index contributed by atoms with van der Waals surface area (Å²) in [6.07, 6.45) is 0. The quantitative estimate of drug-likeness (QED) is 0.298. The molecule has 0 N–H and O–H groups in total. The van der Waals surface area contributed by atoms with Crippen LogP contribution in [0.5, 0.6) is 0 Å². The monoisotopic (exact) mass is 432 g/mol. The highest BCUT2D eigenvalue weighted by molar-refractivity contribution is 14.1. The first-order valence-corrected chi connectivity index (χ1v) is 9.39. The normalized spacial score (nSPS) is 10.6. The zero-order valence-corrected chi connectivity index (χ0v) is 15.9. The van der Waals surface area contributed by atoms with Gasteiger partial charge in [-0.1, -0.05) is 78.9 Å². The lowest BCUT2D eigenvalue weighted by Gasteiger charge is -2.10. The summed E-state index contributed by atoms with van der Waals surface area (Å²) in [5, 5.41) is 0. The van der Waals surface area contributed by atoms with Crippen molar-refractivity contribution in [2.24, 2.45) is 0 Å². The van der Waals surface area contributed by atoms with Crippen LogP contribution in [0.3, 0.4) is 0 Å². The average molecular weight is 432 g/mol. The number of hydrogen-bond donors (Lipinski definition) is 0. The van der Waals surface area contributed by atoms with Gasteiger partial charge in [0.05, 0.1) is 0 Å². The van der Waals surface area contributed by atoms with E-state index in [-0.39, 0.29) is 0 Å². The van der Waals surface area contributed by atoms with E-state index in [0.29, 0.717) is 0 Å². The molecule has 0 atom stereocenters. The SMILES string of the molecule is Ic1cc(-c2ccccc2)cc(-c2cccc(-c3ccccc3)c2)c1. The van der Waals surface area contributed by atoms with Gasteiger partial charge in [-0.2, -0.15) is 0 Å². The van der Waals surface area contributed by atoms with Gasteiger partial charge in [0.25, 0.3) is 0 Å². The molecule has 0 aliphatic heterocycles. The van der Waals surface area contributed by atoms with Crippen molar-refractivity contribution in [3.8, 4) is 33.4 Å². The fraction of sp³-hybridized carbons (Fsp3) is 0. The largest absolute Gasteiger partial charge is 0.0622 e. The van der Waals surface area contributed by atoms with E-state index in [0.717, 1.165) is 0 Å². The number of benzene rings is 4.